The van der Waals surface area contributed by atoms with Crippen LogP contribution in [0.4, 0.5) is 0 Å². The lowest BCUT2D eigenvalue weighted by Crippen LogP contribution is -2.11. The fourth-order valence-electron chi connectivity index (χ4n) is 4.32. The van der Waals surface area contributed by atoms with E-state index in [1.165, 1.54) is 24.8 Å². The molecule has 0 saturated heterocycles. The Bertz CT molecular complexity index is 1390. The first-order valence-corrected chi connectivity index (χ1v) is 9.89. The van der Waals surface area contributed by atoms with Crippen LogP contribution in [0.3, 0.4) is 0 Å². The monoisotopic (exact) mass is 381 g/mol. The van der Waals surface area contributed by atoms with Crippen LogP contribution >= 0.6 is 0 Å². The summed E-state index contributed by atoms with van der Waals surface area (Å²) in [5.74, 6) is 1.76. The highest BCUT2D eigenvalue weighted by molar-refractivity contribution is 6.12. The molecule has 1 aliphatic rings. The molecule has 6 heteroatoms. The molecule has 0 unspecified atom stereocenters. The molecule has 1 aromatic carbocycles. The predicted octanol–water partition coefficient (Wildman–Crippen LogP) is 5.00. The Hall–Kier alpha value is -3.54. The summed E-state index contributed by atoms with van der Waals surface area (Å²) in [7, 11) is 1.67. The topological polar surface area (TPSA) is 76.6 Å². The molecular formula is C23H19N5O. The number of para-hydroxylation sites is 1. The zero-order valence-corrected chi connectivity index (χ0v) is 16.0. The van der Waals surface area contributed by atoms with E-state index in [1.807, 2.05) is 24.4 Å². The summed E-state index contributed by atoms with van der Waals surface area (Å²) in [5.41, 5.74) is 4.82. The number of aromatic nitrogens is 5. The molecule has 1 saturated carbocycles. The average molecular weight is 381 g/mol. The van der Waals surface area contributed by atoms with Gasteiger partial charge in [0.25, 0.3) is 0 Å². The molecule has 0 aliphatic heterocycles. The number of fused-ring (bicyclic) bond motifs is 4. The second-order valence-electron chi connectivity index (χ2n) is 7.56. The van der Waals surface area contributed by atoms with Gasteiger partial charge in [-0.1, -0.05) is 24.6 Å². The maximum absolute atomic E-state index is 5.73. The van der Waals surface area contributed by atoms with Gasteiger partial charge in [0, 0.05) is 34.2 Å². The highest BCUT2D eigenvalue weighted by Gasteiger charge is 2.25. The number of H-pyrrole nitrogens is 1. The standard InChI is InChI=1S/C23H19N5O/c1-29-23-20-16(13-5-4-6-13)11-24-12-18(20)27-21(28-23)15-9-10-25-22-19(15)14-7-2-3-8-17(14)26-22/h2-3,7-13H,4-6H2,1H3,(H,25,26). The van der Waals surface area contributed by atoms with Crippen molar-refractivity contribution >= 4 is 32.8 Å². The SMILES string of the molecule is COc1nc(-c2ccnc3[nH]c4ccccc4c23)nc2cncc(C3CCC3)c12. The molecule has 0 atom stereocenters. The number of nitrogens with one attached hydrogen (secondary N) is 1. The summed E-state index contributed by atoms with van der Waals surface area (Å²) in [6, 6.07) is 10.2. The van der Waals surface area contributed by atoms with Crippen molar-refractivity contribution in [3.63, 3.8) is 0 Å². The maximum atomic E-state index is 5.73. The predicted molar refractivity (Wildman–Crippen MR) is 113 cm³/mol. The van der Waals surface area contributed by atoms with Gasteiger partial charge in [-0.05, 0) is 36.5 Å². The molecule has 1 fully saturated rings. The number of hydrogen-bond donors (Lipinski definition) is 1. The molecule has 6 rings (SSSR count). The molecule has 4 heterocycles. The van der Waals surface area contributed by atoms with Crippen molar-refractivity contribution in [2.45, 2.75) is 25.2 Å². The quantitative estimate of drug-likeness (QED) is 0.476. The van der Waals surface area contributed by atoms with Gasteiger partial charge in [-0.15, -0.1) is 0 Å². The normalized spacial score (nSPS) is 14.5. The van der Waals surface area contributed by atoms with E-state index in [-0.39, 0.29) is 0 Å². The number of methoxy groups -OCH3 is 1. The number of ether oxygens (including phenoxy) is 1. The third-order valence-electron chi connectivity index (χ3n) is 5.98. The fourth-order valence-corrected chi connectivity index (χ4v) is 4.32. The van der Waals surface area contributed by atoms with E-state index in [0.29, 0.717) is 17.6 Å². The molecule has 0 spiro atoms. The minimum Gasteiger partial charge on any atom is -0.480 e. The van der Waals surface area contributed by atoms with Crippen LogP contribution in [0.5, 0.6) is 5.88 Å². The van der Waals surface area contributed by atoms with Crippen molar-refractivity contribution in [1.29, 1.82) is 0 Å². The van der Waals surface area contributed by atoms with E-state index < -0.39 is 0 Å². The van der Waals surface area contributed by atoms with Crippen molar-refractivity contribution in [2.75, 3.05) is 7.11 Å². The highest BCUT2D eigenvalue weighted by atomic mass is 16.5. The summed E-state index contributed by atoms with van der Waals surface area (Å²) >= 11 is 0. The molecule has 29 heavy (non-hydrogen) atoms. The zero-order valence-electron chi connectivity index (χ0n) is 16.0. The van der Waals surface area contributed by atoms with Gasteiger partial charge in [0.15, 0.2) is 5.82 Å². The van der Waals surface area contributed by atoms with E-state index in [4.69, 9.17) is 14.7 Å². The molecule has 5 aromatic rings. The summed E-state index contributed by atoms with van der Waals surface area (Å²) in [5, 5.41) is 3.11. The van der Waals surface area contributed by atoms with Gasteiger partial charge in [-0.3, -0.25) is 4.98 Å². The Kier molecular flexibility index (Phi) is 3.53. The van der Waals surface area contributed by atoms with Crippen LogP contribution in [0.25, 0.3) is 44.2 Å². The summed E-state index contributed by atoms with van der Waals surface area (Å²) in [6.07, 6.45) is 9.17. The van der Waals surface area contributed by atoms with Gasteiger partial charge in [-0.2, -0.15) is 4.98 Å². The Morgan fingerprint density at radius 1 is 1.03 bits per heavy atom. The molecule has 0 radical (unpaired) electrons. The average Bonchev–Trinajstić information content (AvgIpc) is 3.10. The van der Waals surface area contributed by atoms with Crippen LogP contribution in [0.1, 0.15) is 30.7 Å². The van der Waals surface area contributed by atoms with E-state index in [2.05, 4.69) is 27.1 Å². The Morgan fingerprint density at radius 2 is 1.93 bits per heavy atom. The number of pyridine rings is 2. The van der Waals surface area contributed by atoms with Gasteiger partial charge in [0.1, 0.15) is 5.65 Å². The molecule has 1 N–H and O–H groups in total. The molecule has 4 aromatic heterocycles. The lowest BCUT2D eigenvalue weighted by atomic mass is 9.79. The lowest BCUT2D eigenvalue weighted by Gasteiger charge is -2.26. The van der Waals surface area contributed by atoms with E-state index in [1.54, 1.807) is 19.5 Å². The third-order valence-corrected chi connectivity index (χ3v) is 5.98. The molecule has 1 aliphatic carbocycles. The Morgan fingerprint density at radius 3 is 2.76 bits per heavy atom. The van der Waals surface area contributed by atoms with Crippen molar-refractivity contribution in [1.82, 2.24) is 24.9 Å². The van der Waals surface area contributed by atoms with Crippen LogP contribution in [0.15, 0.2) is 48.9 Å². The lowest BCUT2D eigenvalue weighted by molar-refractivity contribution is 0.398. The number of benzene rings is 1. The second kappa shape index (κ2) is 6.24. The summed E-state index contributed by atoms with van der Waals surface area (Å²) in [6.45, 7) is 0. The van der Waals surface area contributed by atoms with E-state index in [0.717, 1.165) is 38.4 Å². The van der Waals surface area contributed by atoms with Crippen molar-refractivity contribution in [3.05, 3.63) is 54.5 Å². The number of nitrogens with zero attached hydrogens (tertiary/aromatic N) is 4. The largest absolute Gasteiger partial charge is 0.480 e. The molecule has 6 nitrogen and oxygen atoms in total. The summed E-state index contributed by atoms with van der Waals surface area (Å²) < 4.78 is 5.73. The summed E-state index contributed by atoms with van der Waals surface area (Å²) in [4.78, 5) is 22.1. The fraction of sp³-hybridized carbons (Fsp3) is 0.217. The first-order chi connectivity index (χ1) is 14.3. The minimum atomic E-state index is 0.524. The van der Waals surface area contributed by atoms with E-state index >= 15 is 0 Å². The minimum absolute atomic E-state index is 0.524. The number of rotatable bonds is 3. The van der Waals surface area contributed by atoms with Gasteiger partial charge in [-0.25, -0.2) is 9.97 Å². The highest BCUT2D eigenvalue weighted by Crippen LogP contribution is 2.42. The first-order valence-electron chi connectivity index (χ1n) is 9.89. The molecular weight excluding hydrogens is 362 g/mol. The van der Waals surface area contributed by atoms with Crippen LogP contribution in [0.2, 0.25) is 0 Å². The van der Waals surface area contributed by atoms with Crippen LogP contribution in [0, 0.1) is 0 Å². The molecule has 0 bridgehead atoms. The van der Waals surface area contributed by atoms with Crippen LogP contribution < -0.4 is 4.74 Å². The Balaban J connectivity index is 1.65. The van der Waals surface area contributed by atoms with Gasteiger partial charge >= 0.3 is 0 Å². The second-order valence-corrected chi connectivity index (χ2v) is 7.56. The van der Waals surface area contributed by atoms with Crippen LogP contribution in [-0.4, -0.2) is 32.0 Å². The van der Waals surface area contributed by atoms with Crippen molar-refractivity contribution < 1.29 is 4.74 Å². The number of aromatic amines is 1. The van der Waals surface area contributed by atoms with Crippen LogP contribution in [-0.2, 0) is 0 Å². The molecule has 0 amide bonds. The third kappa shape index (κ3) is 2.42. The van der Waals surface area contributed by atoms with Gasteiger partial charge in [0.05, 0.1) is 24.2 Å². The van der Waals surface area contributed by atoms with Gasteiger partial charge in [0.2, 0.25) is 5.88 Å². The first kappa shape index (κ1) is 16.4. The van der Waals surface area contributed by atoms with Crippen molar-refractivity contribution in [2.24, 2.45) is 0 Å². The van der Waals surface area contributed by atoms with Gasteiger partial charge < -0.3 is 9.72 Å². The van der Waals surface area contributed by atoms with Crippen molar-refractivity contribution in [3.8, 4) is 17.3 Å². The zero-order chi connectivity index (χ0) is 19.4. The Labute approximate surface area is 167 Å². The molecule has 142 valence electrons. The van der Waals surface area contributed by atoms with E-state index in [9.17, 15) is 0 Å². The number of hydrogen-bond acceptors (Lipinski definition) is 5. The smallest absolute Gasteiger partial charge is 0.225 e. The maximum Gasteiger partial charge on any atom is 0.225 e.